The Morgan fingerprint density at radius 1 is 0.977 bits per heavy atom. The molecule has 0 saturated heterocycles. The van der Waals surface area contributed by atoms with Crippen molar-refractivity contribution in [3.63, 3.8) is 0 Å². The number of hydrogen-bond acceptors (Lipinski definition) is 7. The van der Waals surface area contributed by atoms with Gasteiger partial charge in [-0.05, 0) is 71.3 Å². The Balaban J connectivity index is 1.47. The van der Waals surface area contributed by atoms with E-state index >= 15 is 0 Å². The molecule has 0 radical (unpaired) electrons. The number of nitrogens with one attached hydrogen (secondary N) is 1. The summed E-state index contributed by atoms with van der Waals surface area (Å²) >= 11 is 18.7. The van der Waals surface area contributed by atoms with Crippen LogP contribution in [0.2, 0.25) is 15.1 Å². The van der Waals surface area contributed by atoms with Crippen LogP contribution in [0.1, 0.15) is 49.1 Å². The number of hydrogen-bond donors (Lipinski definition) is 1. The minimum atomic E-state index is -4.78. The predicted octanol–water partition coefficient (Wildman–Crippen LogP) is 5.94. The van der Waals surface area contributed by atoms with Crippen LogP contribution in [0.15, 0.2) is 60.8 Å². The number of alkyl halides is 3. The van der Waals surface area contributed by atoms with Gasteiger partial charge in [-0.25, -0.2) is 9.67 Å². The number of aryl methyl sites for hydroxylation is 1. The van der Waals surface area contributed by atoms with Gasteiger partial charge in [0.2, 0.25) is 0 Å². The molecule has 1 N–H and O–H groups in total. The van der Waals surface area contributed by atoms with E-state index < -0.39 is 23.7 Å². The molecule has 0 aliphatic heterocycles. The average molecular weight is 664 g/mol. The van der Waals surface area contributed by atoms with Gasteiger partial charge in [-0.15, -0.1) is 10.2 Å². The van der Waals surface area contributed by atoms with Crippen LogP contribution in [0.3, 0.4) is 0 Å². The number of benzene rings is 2. The highest BCUT2D eigenvalue weighted by Gasteiger charge is 2.37. The second-order valence-electron chi connectivity index (χ2n) is 9.54. The third kappa shape index (κ3) is 7.07. The highest BCUT2D eigenvalue weighted by Crippen LogP contribution is 2.27. The second kappa shape index (κ2) is 12.7. The SMILES string of the molecule is Cc1cc(Cl)cc(C(=O)NCc2cccc(Cl)c2)c1CC(=O)c1cc(Cn2nnc(C(F)(F)F)n2)nn1-c1ncccc1Cl. The molecule has 0 atom stereocenters. The van der Waals surface area contributed by atoms with Crippen molar-refractivity contribution in [2.45, 2.75) is 32.6 Å². The second-order valence-corrected chi connectivity index (χ2v) is 10.8. The first-order chi connectivity index (χ1) is 20.9. The number of carbonyl (C=O) groups is 2. The lowest BCUT2D eigenvalue weighted by molar-refractivity contribution is -0.145. The van der Waals surface area contributed by atoms with Crippen LogP contribution in [-0.4, -0.2) is 46.7 Å². The van der Waals surface area contributed by atoms with Crippen molar-refractivity contribution in [2.75, 3.05) is 0 Å². The number of nitrogens with zero attached hydrogens (tertiary/aromatic N) is 7. The Morgan fingerprint density at radius 3 is 2.48 bits per heavy atom. The van der Waals surface area contributed by atoms with Crippen LogP contribution in [0.4, 0.5) is 13.2 Å². The van der Waals surface area contributed by atoms with Crippen LogP contribution in [-0.2, 0) is 25.7 Å². The molecular weight excluding hydrogens is 644 g/mol. The highest BCUT2D eigenvalue weighted by atomic mass is 35.5. The number of tetrazole rings is 1. The number of Topliss-reactive ketones (excluding diaryl/α,β-unsaturated/α-hetero) is 1. The maximum atomic E-state index is 13.8. The smallest absolute Gasteiger partial charge is 0.348 e. The van der Waals surface area contributed by atoms with E-state index in [0.717, 1.165) is 5.56 Å². The maximum absolute atomic E-state index is 13.8. The Labute approximate surface area is 262 Å². The van der Waals surface area contributed by atoms with Crippen LogP contribution >= 0.6 is 34.8 Å². The summed E-state index contributed by atoms with van der Waals surface area (Å²) in [6.45, 7) is 1.56. The van der Waals surface area contributed by atoms with E-state index in [1.165, 1.54) is 23.0 Å². The van der Waals surface area contributed by atoms with Crippen LogP contribution < -0.4 is 5.32 Å². The summed E-state index contributed by atoms with van der Waals surface area (Å²) < 4.78 is 40.1. The molecule has 1 amide bonds. The predicted molar refractivity (Wildman–Crippen MR) is 155 cm³/mol. The van der Waals surface area contributed by atoms with Crippen molar-refractivity contribution in [3.8, 4) is 5.82 Å². The van der Waals surface area contributed by atoms with Crippen LogP contribution in [0, 0.1) is 6.92 Å². The third-order valence-electron chi connectivity index (χ3n) is 6.36. The summed E-state index contributed by atoms with van der Waals surface area (Å²) in [4.78, 5) is 32.1. The molecular formula is C28H20Cl3F3N8O2. The van der Waals surface area contributed by atoms with Gasteiger partial charge >= 0.3 is 6.18 Å². The zero-order chi connectivity index (χ0) is 31.6. The molecule has 0 bridgehead atoms. The van der Waals surface area contributed by atoms with Gasteiger partial charge in [0.25, 0.3) is 11.7 Å². The number of ketones is 1. The van der Waals surface area contributed by atoms with Crippen LogP contribution in [0.5, 0.6) is 0 Å². The Kier molecular flexibility index (Phi) is 9.00. The van der Waals surface area contributed by atoms with Gasteiger partial charge in [0.15, 0.2) is 11.6 Å². The lowest BCUT2D eigenvalue weighted by atomic mass is 9.95. The molecule has 5 rings (SSSR count). The first kappa shape index (κ1) is 31.1. The molecule has 0 unspecified atom stereocenters. The summed E-state index contributed by atoms with van der Waals surface area (Å²) in [6.07, 6.45) is -3.59. The van der Waals surface area contributed by atoms with Crippen molar-refractivity contribution in [1.29, 1.82) is 0 Å². The minimum absolute atomic E-state index is 0.0106. The summed E-state index contributed by atoms with van der Waals surface area (Å²) in [5.41, 5.74) is 2.11. The van der Waals surface area contributed by atoms with Gasteiger partial charge < -0.3 is 5.32 Å². The van der Waals surface area contributed by atoms with E-state index in [4.69, 9.17) is 34.8 Å². The first-order valence-corrected chi connectivity index (χ1v) is 13.9. The molecule has 44 heavy (non-hydrogen) atoms. The lowest BCUT2D eigenvalue weighted by Crippen LogP contribution is -2.25. The summed E-state index contributed by atoms with van der Waals surface area (Å²) in [7, 11) is 0. The molecule has 3 heterocycles. The van der Waals surface area contributed by atoms with Crippen LogP contribution in [0.25, 0.3) is 5.82 Å². The van der Waals surface area contributed by atoms with E-state index in [0.29, 0.717) is 26.0 Å². The quantitative estimate of drug-likeness (QED) is 0.194. The van der Waals surface area contributed by atoms with E-state index in [-0.39, 0.29) is 47.3 Å². The first-order valence-electron chi connectivity index (χ1n) is 12.8. The van der Waals surface area contributed by atoms with Crippen molar-refractivity contribution in [2.24, 2.45) is 0 Å². The topological polar surface area (TPSA) is 120 Å². The van der Waals surface area contributed by atoms with Crippen molar-refractivity contribution in [3.05, 3.63) is 115 Å². The fourth-order valence-corrected chi connectivity index (χ4v) is 5.04. The van der Waals surface area contributed by atoms with Crippen molar-refractivity contribution >= 4 is 46.5 Å². The van der Waals surface area contributed by atoms with Gasteiger partial charge in [-0.2, -0.15) is 23.1 Å². The van der Waals surface area contributed by atoms with E-state index in [2.05, 4.69) is 30.8 Å². The molecule has 0 spiro atoms. The van der Waals surface area contributed by atoms with Gasteiger partial charge in [0.05, 0.1) is 10.7 Å². The third-order valence-corrected chi connectivity index (χ3v) is 7.11. The molecule has 2 aromatic carbocycles. The summed E-state index contributed by atoms with van der Waals surface area (Å²) in [6, 6.07) is 14.6. The molecule has 3 aromatic heterocycles. The van der Waals surface area contributed by atoms with E-state index in [1.807, 2.05) is 0 Å². The maximum Gasteiger partial charge on any atom is 0.455 e. The minimum Gasteiger partial charge on any atom is -0.348 e. The molecule has 10 nitrogen and oxygen atoms in total. The zero-order valence-electron chi connectivity index (χ0n) is 22.6. The molecule has 0 fully saturated rings. The van der Waals surface area contributed by atoms with Crippen molar-refractivity contribution < 1.29 is 22.8 Å². The standard InChI is InChI=1S/C28H20Cl3F3N8O2/c1-15-8-18(30)10-21(26(44)36-13-16-4-2-5-17(29)9-16)20(15)12-24(43)23-11-19(14-41-39-27(37-40-41)28(32,33)34)38-42(23)25-22(31)6-3-7-35-25/h2-11H,12-14H2,1H3,(H,36,44). The fraction of sp³-hybridized carbons (Fsp3) is 0.179. The molecule has 5 aromatic rings. The highest BCUT2D eigenvalue weighted by molar-refractivity contribution is 6.32. The Bertz CT molecular complexity index is 1870. The molecule has 226 valence electrons. The number of aromatic nitrogens is 7. The Morgan fingerprint density at radius 2 is 1.77 bits per heavy atom. The van der Waals surface area contributed by atoms with Crippen molar-refractivity contribution in [1.82, 2.24) is 40.3 Å². The number of carbonyl (C=O) groups excluding carboxylic acids is 2. The molecule has 0 saturated carbocycles. The average Bonchev–Trinajstić information content (AvgIpc) is 3.61. The van der Waals surface area contributed by atoms with Gasteiger partial charge in [-0.1, -0.05) is 46.9 Å². The number of pyridine rings is 1. The normalized spacial score (nSPS) is 11.5. The lowest BCUT2D eigenvalue weighted by Gasteiger charge is -2.14. The number of rotatable bonds is 9. The summed E-state index contributed by atoms with van der Waals surface area (Å²) in [5, 5.41) is 18.0. The molecule has 0 aliphatic carbocycles. The summed E-state index contributed by atoms with van der Waals surface area (Å²) in [5.74, 6) is -2.25. The van der Waals surface area contributed by atoms with Gasteiger partial charge in [0, 0.05) is 34.8 Å². The van der Waals surface area contributed by atoms with Gasteiger partial charge in [0.1, 0.15) is 12.2 Å². The monoisotopic (exact) mass is 662 g/mol. The fourth-order valence-electron chi connectivity index (χ4n) is 4.36. The molecule has 16 heteroatoms. The number of amides is 1. The Hall–Kier alpha value is -4.33. The number of halogens is 6. The largest absolute Gasteiger partial charge is 0.455 e. The van der Waals surface area contributed by atoms with E-state index in [1.54, 1.807) is 49.4 Å². The molecule has 0 aliphatic rings. The zero-order valence-corrected chi connectivity index (χ0v) is 24.9. The van der Waals surface area contributed by atoms with E-state index in [9.17, 15) is 22.8 Å². The van der Waals surface area contributed by atoms with Gasteiger partial charge in [-0.3, -0.25) is 9.59 Å².